The predicted molar refractivity (Wildman–Crippen MR) is 84.6 cm³/mol. The molecule has 3 nitrogen and oxygen atoms in total. The first-order valence-corrected chi connectivity index (χ1v) is 6.40. The molecule has 1 aliphatic rings. The topological polar surface area (TPSA) is 47.3 Å². The van der Waals surface area contributed by atoms with E-state index in [0.29, 0.717) is 12.1 Å². The average molecular weight is 307 g/mol. The number of halogens is 2. The first-order valence-electron chi connectivity index (χ1n) is 6.40. The van der Waals surface area contributed by atoms with Gasteiger partial charge in [0.2, 0.25) is 0 Å². The lowest BCUT2D eigenvalue weighted by Crippen LogP contribution is -2.37. The van der Waals surface area contributed by atoms with E-state index in [0.717, 1.165) is 25.1 Å². The van der Waals surface area contributed by atoms with Crippen molar-refractivity contribution in [2.24, 2.45) is 5.73 Å². The number of hydrogen-bond donors (Lipinski definition) is 2. The van der Waals surface area contributed by atoms with Crippen LogP contribution in [-0.4, -0.2) is 19.2 Å². The van der Waals surface area contributed by atoms with E-state index in [1.54, 1.807) is 7.11 Å². The molecule has 1 saturated carbocycles. The molecule has 0 radical (unpaired) electrons. The SMILES string of the molecule is COc1ccccc1CNC1CCC(N)CC1.Cl.Cl. The lowest BCUT2D eigenvalue weighted by molar-refractivity contribution is 0.338. The minimum absolute atomic E-state index is 0. The zero-order valence-electron chi connectivity index (χ0n) is 11.3. The molecule has 3 N–H and O–H groups in total. The van der Waals surface area contributed by atoms with Gasteiger partial charge in [-0.1, -0.05) is 18.2 Å². The van der Waals surface area contributed by atoms with Crippen molar-refractivity contribution in [1.82, 2.24) is 5.32 Å². The summed E-state index contributed by atoms with van der Waals surface area (Å²) in [4.78, 5) is 0. The number of nitrogens with two attached hydrogens (primary N) is 1. The molecule has 0 aromatic heterocycles. The number of ether oxygens (including phenoxy) is 1. The Balaban J connectivity index is 0.00000162. The fourth-order valence-electron chi connectivity index (χ4n) is 2.43. The second kappa shape index (κ2) is 9.43. The van der Waals surface area contributed by atoms with Gasteiger partial charge < -0.3 is 15.8 Å². The van der Waals surface area contributed by atoms with Gasteiger partial charge >= 0.3 is 0 Å². The summed E-state index contributed by atoms with van der Waals surface area (Å²) < 4.78 is 5.34. The Labute approximate surface area is 128 Å². The van der Waals surface area contributed by atoms with Crippen LogP contribution in [0.3, 0.4) is 0 Å². The van der Waals surface area contributed by atoms with Crippen molar-refractivity contribution in [1.29, 1.82) is 0 Å². The highest BCUT2D eigenvalue weighted by Gasteiger charge is 2.18. The molecule has 0 saturated heterocycles. The minimum atomic E-state index is 0. The molecular formula is C14H24Cl2N2O. The van der Waals surface area contributed by atoms with E-state index in [1.165, 1.54) is 18.4 Å². The molecule has 1 aliphatic carbocycles. The number of rotatable bonds is 4. The van der Waals surface area contributed by atoms with Crippen LogP contribution < -0.4 is 15.8 Å². The summed E-state index contributed by atoms with van der Waals surface area (Å²) in [6.07, 6.45) is 4.67. The second-order valence-corrected chi connectivity index (χ2v) is 4.80. The third-order valence-electron chi connectivity index (χ3n) is 3.55. The summed E-state index contributed by atoms with van der Waals surface area (Å²) in [7, 11) is 1.72. The van der Waals surface area contributed by atoms with Crippen molar-refractivity contribution in [3.8, 4) is 5.75 Å². The van der Waals surface area contributed by atoms with Gasteiger partial charge in [0.1, 0.15) is 5.75 Å². The Morgan fingerprint density at radius 2 is 1.79 bits per heavy atom. The van der Waals surface area contributed by atoms with Gasteiger partial charge in [-0.15, -0.1) is 24.8 Å². The first kappa shape index (κ1) is 18.5. The van der Waals surface area contributed by atoms with Crippen LogP contribution in [0, 0.1) is 0 Å². The maximum atomic E-state index is 5.90. The lowest BCUT2D eigenvalue weighted by Gasteiger charge is -2.27. The minimum Gasteiger partial charge on any atom is -0.496 e. The van der Waals surface area contributed by atoms with Crippen LogP contribution in [0.1, 0.15) is 31.2 Å². The largest absolute Gasteiger partial charge is 0.496 e. The van der Waals surface area contributed by atoms with Crippen molar-refractivity contribution < 1.29 is 4.74 Å². The molecule has 1 aromatic rings. The van der Waals surface area contributed by atoms with Gasteiger partial charge in [0.15, 0.2) is 0 Å². The van der Waals surface area contributed by atoms with E-state index in [1.807, 2.05) is 12.1 Å². The fraction of sp³-hybridized carbons (Fsp3) is 0.571. The van der Waals surface area contributed by atoms with E-state index >= 15 is 0 Å². The van der Waals surface area contributed by atoms with Crippen molar-refractivity contribution in [2.45, 2.75) is 44.3 Å². The van der Waals surface area contributed by atoms with E-state index in [9.17, 15) is 0 Å². The van der Waals surface area contributed by atoms with Crippen LogP contribution in [0.4, 0.5) is 0 Å². The van der Waals surface area contributed by atoms with E-state index < -0.39 is 0 Å². The molecule has 5 heteroatoms. The standard InChI is InChI=1S/C14H22N2O.2ClH/c1-17-14-5-3-2-4-11(14)10-16-13-8-6-12(15)7-9-13;;/h2-5,12-13,16H,6-10,15H2,1H3;2*1H. The molecule has 110 valence electrons. The summed E-state index contributed by atoms with van der Waals surface area (Å²) >= 11 is 0. The molecular weight excluding hydrogens is 283 g/mol. The van der Waals surface area contributed by atoms with Crippen LogP contribution >= 0.6 is 24.8 Å². The van der Waals surface area contributed by atoms with Crippen molar-refractivity contribution in [2.75, 3.05) is 7.11 Å². The van der Waals surface area contributed by atoms with Gasteiger partial charge in [0, 0.05) is 24.2 Å². The normalized spacial score (nSPS) is 22.0. The quantitative estimate of drug-likeness (QED) is 0.899. The third-order valence-corrected chi connectivity index (χ3v) is 3.55. The number of hydrogen-bond acceptors (Lipinski definition) is 3. The van der Waals surface area contributed by atoms with E-state index in [4.69, 9.17) is 10.5 Å². The molecule has 0 bridgehead atoms. The van der Waals surface area contributed by atoms with Crippen LogP contribution in [0.25, 0.3) is 0 Å². The number of benzene rings is 1. The van der Waals surface area contributed by atoms with Gasteiger partial charge in [0.25, 0.3) is 0 Å². The molecule has 0 aliphatic heterocycles. The van der Waals surface area contributed by atoms with E-state index in [-0.39, 0.29) is 24.8 Å². The summed E-state index contributed by atoms with van der Waals surface area (Å²) in [6.45, 7) is 0.879. The van der Waals surface area contributed by atoms with Gasteiger partial charge in [-0.3, -0.25) is 0 Å². The zero-order chi connectivity index (χ0) is 12.1. The van der Waals surface area contributed by atoms with Gasteiger partial charge in [0.05, 0.1) is 7.11 Å². The Morgan fingerprint density at radius 1 is 1.16 bits per heavy atom. The Kier molecular flexibility index (Phi) is 9.19. The zero-order valence-corrected chi connectivity index (χ0v) is 12.9. The Hall–Kier alpha value is -0.480. The van der Waals surface area contributed by atoms with Gasteiger partial charge in [-0.2, -0.15) is 0 Å². The predicted octanol–water partition coefficient (Wildman–Crippen LogP) is 2.90. The van der Waals surface area contributed by atoms with Crippen molar-refractivity contribution in [3.05, 3.63) is 29.8 Å². The van der Waals surface area contributed by atoms with Crippen LogP contribution in [0.2, 0.25) is 0 Å². The summed E-state index contributed by atoms with van der Waals surface area (Å²) in [5, 5.41) is 3.60. The third kappa shape index (κ3) is 5.57. The highest BCUT2D eigenvalue weighted by Crippen LogP contribution is 2.20. The molecule has 0 heterocycles. The Morgan fingerprint density at radius 3 is 2.42 bits per heavy atom. The smallest absolute Gasteiger partial charge is 0.123 e. The van der Waals surface area contributed by atoms with Crippen molar-refractivity contribution >= 4 is 24.8 Å². The van der Waals surface area contributed by atoms with Gasteiger partial charge in [-0.05, 0) is 31.7 Å². The fourth-order valence-corrected chi connectivity index (χ4v) is 2.43. The number of methoxy groups -OCH3 is 1. The first-order chi connectivity index (χ1) is 8.29. The van der Waals surface area contributed by atoms with Crippen LogP contribution in [-0.2, 0) is 6.54 Å². The second-order valence-electron chi connectivity index (χ2n) is 4.80. The van der Waals surface area contributed by atoms with Crippen LogP contribution in [0.5, 0.6) is 5.75 Å². The average Bonchev–Trinajstić information content (AvgIpc) is 2.38. The van der Waals surface area contributed by atoms with Crippen molar-refractivity contribution in [3.63, 3.8) is 0 Å². The number of para-hydroxylation sites is 1. The summed E-state index contributed by atoms with van der Waals surface area (Å²) in [5.41, 5.74) is 7.13. The molecule has 0 atom stereocenters. The molecule has 19 heavy (non-hydrogen) atoms. The monoisotopic (exact) mass is 306 g/mol. The van der Waals surface area contributed by atoms with Gasteiger partial charge in [-0.25, -0.2) is 0 Å². The maximum absolute atomic E-state index is 5.90. The van der Waals surface area contributed by atoms with Crippen LogP contribution in [0.15, 0.2) is 24.3 Å². The Bertz CT molecular complexity index is 355. The number of nitrogens with one attached hydrogen (secondary N) is 1. The van der Waals surface area contributed by atoms with E-state index in [2.05, 4.69) is 17.4 Å². The highest BCUT2D eigenvalue weighted by atomic mass is 35.5. The molecule has 2 rings (SSSR count). The summed E-state index contributed by atoms with van der Waals surface area (Å²) in [5.74, 6) is 0.965. The molecule has 0 unspecified atom stereocenters. The molecule has 0 spiro atoms. The maximum Gasteiger partial charge on any atom is 0.123 e. The summed E-state index contributed by atoms with van der Waals surface area (Å²) in [6, 6.07) is 9.20. The molecule has 0 amide bonds. The molecule has 1 fully saturated rings. The molecule has 1 aromatic carbocycles. The lowest BCUT2D eigenvalue weighted by atomic mass is 9.92. The highest BCUT2D eigenvalue weighted by molar-refractivity contribution is 5.85.